The van der Waals surface area contributed by atoms with Crippen LogP contribution in [0.5, 0.6) is 0 Å². The maximum Gasteiger partial charge on any atom is 0.0704 e. The standard InChI is InChI=1S/C8H15NO/c1-7-3-4-9(2)6-8(10)5-7/h3,8,10H,4-6H2,1-2H3/t8-/m0/s1. The highest BCUT2D eigenvalue weighted by Gasteiger charge is 2.11. The number of hydrogen-bond donors (Lipinski definition) is 1. The number of likely N-dealkylation sites (N-methyl/N-ethyl adjacent to an activating group) is 1. The molecule has 1 rings (SSSR count). The van der Waals surface area contributed by atoms with Crippen molar-refractivity contribution < 1.29 is 5.11 Å². The number of aliphatic hydroxyl groups excluding tert-OH is 1. The van der Waals surface area contributed by atoms with E-state index in [1.54, 1.807) is 0 Å². The molecule has 2 nitrogen and oxygen atoms in total. The van der Waals surface area contributed by atoms with Crippen molar-refractivity contribution in [2.24, 2.45) is 0 Å². The molecule has 0 aromatic carbocycles. The average Bonchev–Trinajstić information content (AvgIpc) is 1.93. The summed E-state index contributed by atoms with van der Waals surface area (Å²) in [6.07, 6.45) is 2.85. The highest BCUT2D eigenvalue weighted by Crippen LogP contribution is 2.09. The largest absolute Gasteiger partial charge is 0.391 e. The van der Waals surface area contributed by atoms with Crippen LogP contribution in [0.3, 0.4) is 0 Å². The number of nitrogens with zero attached hydrogens (tertiary/aromatic N) is 1. The molecule has 2 heteroatoms. The molecule has 58 valence electrons. The Morgan fingerprint density at radius 1 is 1.70 bits per heavy atom. The molecular formula is C8H15NO. The Labute approximate surface area is 62.2 Å². The molecular weight excluding hydrogens is 126 g/mol. The van der Waals surface area contributed by atoms with Crippen LogP contribution in [0.25, 0.3) is 0 Å². The Hall–Kier alpha value is -0.340. The summed E-state index contributed by atoms with van der Waals surface area (Å²) in [4.78, 5) is 2.13. The minimum absolute atomic E-state index is 0.163. The number of hydrogen-bond acceptors (Lipinski definition) is 2. The topological polar surface area (TPSA) is 23.5 Å². The second-order valence-electron chi connectivity index (χ2n) is 3.13. The Morgan fingerprint density at radius 3 is 3.10 bits per heavy atom. The molecule has 0 spiro atoms. The molecule has 0 aromatic heterocycles. The van der Waals surface area contributed by atoms with Crippen LogP contribution < -0.4 is 0 Å². The van der Waals surface area contributed by atoms with Gasteiger partial charge in [-0.15, -0.1) is 0 Å². The van der Waals surface area contributed by atoms with Gasteiger partial charge in [-0.05, 0) is 20.4 Å². The minimum atomic E-state index is -0.163. The van der Waals surface area contributed by atoms with Crippen LogP contribution in [0.1, 0.15) is 13.3 Å². The zero-order chi connectivity index (χ0) is 7.56. The molecule has 1 aliphatic heterocycles. The Bertz CT molecular complexity index is 142. The summed E-state index contributed by atoms with van der Waals surface area (Å²) in [5.41, 5.74) is 1.30. The molecule has 0 bridgehead atoms. The van der Waals surface area contributed by atoms with Crippen molar-refractivity contribution in [1.82, 2.24) is 4.90 Å². The summed E-state index contributed by atoms with van der Waals surface area (Å²) in [7, 11) is 2.03. The molecule has 0 aliphatic carbocycles. The van der Waals surface area contributed by atoms with Crippen molar-refractivity contribution in [2.45, 2.75) is 19.4 Å². The Kier molecular flexibility index (Phi) is 2.46. The highest BCUT2D eigenvalue weighted by atomic mass is 16.3. The molecule has 0 aromatic rings. The minimum Gasteiger partial charge on any atom is -0.391 e. The van der Waals surface area contributed by atoms with Crippen molar-refractivity contribution in [3.63, 3.8) is 0 Å². The second kappa shape index (κ2) is 3.17. The van der Waals surface area contributed by atoms with E-state index in [1.807, 2.05) is 7.05 Å². The van der Waals surface area contributed by atoms with Crippen LogP contribution in [0, 0.1) is 0 Å². The van der Waals surface area contributed by atoms with Gasteiger partial charge in [0, 0.05) is 13.1 Å². The van der Waals surface area contributed by atoms with Crippen LogP contribution in [0.4, 0.5) is 0 Å². The van der Waals surface area contributed by atoms with Crippen molar-refractivity contribution in [2.75, 3.05) is 20.1 Å². The zero-order valence-electron chi connectivity index (χ0n) is 6.67. The molecule has 1 aliphatic rings. The van der Waals surface area contributed by atoms with Gasteiger partial charge in [0.05, 0.1) is 6.10 Å². The molecule has 0 amide bonds. The third-order valence-electron chi connectivity index (χ3n) is 1.83. The van der Waals surface area contributed by atoms with Crippen molar-refractivity contribution >= 4 is 0 Å². The van der Waals surface area contributed by atoms with E-state index < -0.39 is 0 Å². The summed E-state index contributed by atoms with van der Waals surface area (Å²) in [5, 5.41) is 9.35. The maximum atomic E-state index is 9.35. The number of rotatable bonds is 0. The summed E-state index contributed by atoms with van der Waals surface area (Å²) >= 11 is 0. The molecule has 1 N–H and O–H groups in total. The van der Waals surface area contributed by atoms with E-state index in [2.05, 4.69) is 17.9 Å². The molecule has 0 radical (unpaired) electrons. The van der Waals surface area contributed by atoms with Gasteiger partial charge < -0.3 is 10.0 Å². The lowest BCUT2D eigenvalue weighted by Gasteiger charge is -2.14. The predicted octanol–water partition coefficient (Wildman–Crippen LogP) is 0.629. The fourth-order valence-electron chi connectivity index (χ4n) is 1.27. The van der Waals surface area contributed by atoms with Gasteiger partial charge >= 0.3 is 0 Å². The first-order valence-corrected chi connectivity index (χ1v) is 3.70. The van der Waals surface area contributed by atoms with Gasteiger partial charge in [-0.3, -0.25) is 0 Å². The number of β-amino-alcohol motifs (C(OH)–C–C–N with tert-alkyl or cyclic N) is 1. The summed E-state index contributed by atoms with van der Waals surface area (Å²) in [6, 6.07) is 0. The van der Waals surface area contributed by atoms with Gasteiger partial charge in [-0.1, -0.05) is 11.6 Å². The van der Waals surface area contributed by atoms with Crippen LogP contribution >= 0.6 is 0 Å². The first-order chi connectivity index (χ1) is 4.68. The fraction of sp³-hybridized carbons (Fsp3) is 0.750. The Morgan fingerprint density at radius 2 is 2.40 bits per heavy atom. The van der Waals surface area contributed by atoms with Crippen LogP contribution in [0.15, 0.2) is 11.6 Å². The lowest BCUT2D eigenvalue weighted by Crippen LogP contribution is -2.27. The zero-order valence-corrected chi connectivity index (χ0v) is 6.67. The van der Waals surface area contributed by atoms with Gasteiger partial charge in [0.2, 0.25) is 0 Å². The van der Waals surface area contributed by atoms with Gasteiger partial charge in [0.15, 0.2) is 0 Å². The molecule has 0 unspecified atom stereocenters. The van der Waals surface area contributed by atoms with E-state index in [9.17, 15) is 5.11 Å². The quantitative estimate of drug-likeness (QED) is 0.500. The highest BCUT2D eigenvalue weighted by molar-refractivity contribution is 5.03. The summed E-state index contributed by atoms with van der Waals surface area (Å²) < 4.78 is 0. The first-order valence-electron chi connectivity index (χ1n) is 3.70. The monoisotopic (exact) mass is 141 g/mol. The third kappa shape index (κ3) is 2.12. The smallest absolute Gasteiger partial charge is 0.0704 e. The van der Waals surface area contributed by atoms with Gasteiger partial charge in [0.1, 0.15) is 0 Å². The van der Waals surface area contributed by atoms with Gasteiger partial charge in [0.25, 0.3) is 0 Å². The lowest BCUT2D eigenvalue weighted by atomic mass is 10.1. The number of aliphatic hydroxyl groups is 1. The molecule has 1 atom stereocenters. The second-order valence-corrected chi connectivity index (χ2v) is 3.13. The van der Waals surface area contributed by atoms with Crippen LogP contribution in [-0.4, -0.2) is 36.2 Å². The normalized spacial score (nSPS) is 29.5. The van der Waals surface area contributed by atoms with Crippen molar-refractivity contribution in [1.29, 1.82) is 0 Å². The van der Waals surface area contributed by atoms with E-state index in [0.29, 0.717) is 0 Å². The van der Waals surface area contributed by atoms with E-state index in [0.717, 1.165) is 19.5 Å². The van der Waals surface area contributed by atoms with Crippen LogP contribution in [0.2, 0.25) is 0 Å². The molecule has 0 saturated heterocycles. The molecule has 1 heterocycles. The van der Waals surface area contributed by atoms with Gasteiger partial charge in [-0.2, -0.15) is 0 Å². The van der Waals surface area contributed by atoms with E-state index >= 15 is 0 Å². The van der Waals surface area contributed by atoms with E-state index in [1.165, 1.54) is 5.57 Å². The summed E-state index contributed by atoms with van der Waals surface area (Å²) in [5.74, 6) is 0. The average molecular weight is 141 g/mol. The van der Waals surface area contributed by atoms with E-state index in [4.69, 9.17) is 0 Å². The lowest BCUT2D eigenvalue weighted by molar-refractivity contribution is 0.136. The first kappa shape index (κ1) is 7.76. The molecule has 0 fully saturated rings. The molecule has 10 heavy (non-hydrogen) atoms. The molecule has 0 saturated carbocycles. The third-order valence-corrected chi connectivity index (χ3v) is 1.83. The predicted molar refractivity (Wildman–Crippen MR) is 41.9 cm³/mol. The van der Waals surface area contributed by atoms with Gasteiger partial charge in [-0.25, -0.2) is 0 Å². The van der Waals surface area contributed by atoms with Crippen molar-refractivity contribution in [3.05, 3.63) is 11.6 Å². The fourth-order valence-corrected chi connectivity index (χ4v) is 1.27. The van der Waals surface area contributed by atoms with E-state index in [-0.39, 0.29) is 6.10 Å². The summed E-state index contributed by atoms with van der Waals surface area (Å²) in [6.45, 7) is 3.85. The SMILES string of the molecule is CC1=CCN(C)C[C@@H](O)C1. The van der Waals surface area contributed by atoms with Crippen molar-refractivity contribution in [3.8, 4) is 0 Å². The Balaban J connectivity index is 2.53. The maximum absolute atomic E-state index is 9.35. The van der Waals surface area contributed by atoms with Crippen LogP contribution in [-0.2, 0) is 0 Å².